The van der Waals surface area contributed by atoms with Gasteiger partial charge in [-0.15, -0.1) is 5.10 Å². The molecule has 0 unspecified atom stereocenters. The highest BCUT2D eigenvalue weighted by Crippen LogP contribution is 2.40. The lowest BCUT2D eigenvalue weighted by Crippen LogP contribution is -2.31. The van der Waals surface area contributed by atoms with Gasteiger partial charge < -0.3 is 46.2 Å². The summed E-state index contributed by atoms with van der Waals surface area (Å²) in [5, 5.41) is 19.7. The molecule has 20 nitrogen and oxygen atoms in total. The fourth-order valence-corrected chi connectivity index (χ4v) is 8.20. The van der Waals surface area contributed by atoms with Crippen LogP contribution in [0.25, 0.3) is 28.5 Å². The summed E-state index contributed by atoms with van der Waals surface area (Å²) < 4.78 is 17.8. The number of benzene rings is 2. The number of nitrogens with one attached hydrogen (secondary N) is 5. The zero-order valence-electron chi connectivity index (χ0n) is 37.9. The first-order valence-corrected chi connectivity index (χ1v) is 23.0. The summed E-state index contributed by atoms with van der Waals surface area (Å²) in [7, 11) is 3.01. The van der Waals surface area contributed by atoms with Crippen molar-refractivity contribution in [2.45, 2.75) is 45.2 Å². The minimum Gasteiger partial charge on any atom is -0.481 e. The maximum atomic E-state index is 13.5. The number of methoxy groups -OCH3 is 2. The van der Waals surface area contributed by atoms with Crippen LogP contribution in [-0.4, -0.2) is 104 Å². The second-order valence-electron chi connectivity index (χ2n) is 15.9. The number of carbonyl (C=O) groups is 3. The number of piperidine rings is 1. The van der Waals surface area contributed by atoms with Crippen LogP contribution in [0.3, 0.4) is 0 Å². The Morgan fingerprint density at radius 2 is 1.39 bits per heavy atom. The molecule has 0 saturated carbocycles. The van der Waals surface area contributed by atoms with Gasteiger partial charge in [-0.2, -0.15) is 19.5 Å². The number of nitrogen functional groups attached to an aromatic ring is 1. The molecule has 7 aromatic rings. The van der Waals surface area contributed by atoms with Crippen molar-refractivity contribution < 1.29 is 28.3 Å². The van der Waals surface area contributed by atoms with Gasteiger partial charge in [0.25, 0.3) is 17.6 Å². The minimum absolute atomic E-state index is 0.0969. The van der Waals surface area contributed by atoms with E-state index in [1.54, 1.807) is 73.8 Å². The molecule has 1 aliphatic heterocycles. The number of likely N-dealkylation sites (tertiary alicyclic amines) is 1. The third-order valence-electron chi connectivity index (χ3n) is 11.1. The number of pyridine rings is 2. The lowest BCUT2D eigenvalue weighted by atomic mass is 10.0. The molecule has 1 saturated heterocycles. The van der Waals surface area contributed by atoms with Crippen molar-refractivity contribution in [3.63, 3.8) is 0 Å². The lowest BCUT2D eigenvalue weighted by Gasteiger charge is -2.26. The van der Waals surface area contributed by atoms with Gasteiger partial charge in [0.2, 0.25) is 35.4 Å². The second kappa shape index (κ2) is 22.6. The molecule has 22 heteroatoms. The SMILES string of the molecule is COc1nc(C(=O)Nc2cccc(-c3cccc(NC(=O)c4ccc(CN5CCCCC5)c(OC)n4)c3Cl)c2Cl)ccc1CNCCNC(=O)CCCNc1nc(N)n2nc(-c3ccco3)nc2n1. The average Bonchev–Trinajstić information content (AvgIpc) is 4.06. The van der Waals surface area contributed by atoms with Crippen LogP contribution in [-0.2, 0) is 17.9 Å². The van der Waals surface area contributed by atoms with Gasteiger partial charge in [-0.3, -0.25) is 19.3 Å². The molecule has 8 rings (SSSR count). The van der Waals surface area contributed by atoms with E-state index in [2.05, 4.69) is 61.5 Å². The van der Waals surface area contributed by atoms with E-state index in [4.69, 9.17) is 42.8 Å². The Kier molecular flexibility index (Phi) is 15.8. The van der Waals surface area contributed by atoms with E-state index in [0.29, 0.717) is 84.7 Å². The molecule has 5 aromatic heterocycles. The number of carbonyl (C=O) groups excluding carboxylic acids is 3. The number of hydrogen-bond acceptors (Lipinski definition) is 16. The molecule has 6 heterocycles. The first kappa shape index (κ1) is 48.1. The third-order valence-corrected chi connectivity index (χ3v) is 11.9. The van der Waals surface area contributed by atoms with Gasteiger partial charge in [-0.25, -0.2) is 9.97 Å². The van der Waals surface area contributed by atoms with E-state index in [1.165, 1.54) is 24.3 Å². The number of furan rings is 1. The number of ether oxygens (including phenoxy) is 2. The molecule has 7 N–H and O–H groups in total. The highest BCUT2D eigenvalue weighted by Gasteiger charge is 2.21. The van der Waals surface area contributed by atoms with Crippen LogP contribution in [0.15, 0.2) is 83.5 Å². The van der Waals surface area contributed by atoms with E-state index >= 15 is 0 Å². The monoisotopic (exact) mass is 976 g/mol. The Balaban J connectivity index is 0.796. The van der Waals surface area contributed by atoms with Gasteiger partial charge in [0.15, 0.2) is 5.76 Å². The number of fused-ring (bicyclic) bond motifs is 1. The molecular formula is C47H50Cl2N14O6. The zero-order chi connectivity index (χ0) is 48.3. The first-order valence-electron chi connectivity index (χ1n) is 22.2. The van der Waals surface area contributed by atoms with Crippen LogP contribution in [0, 0.1) is 0 Å². The number of hydrogen-bond donors (Lipinski definition) is 6. The standard InChI is InChI=1S/C47H50Cl2N14O6/c1-67-43-28(26-51-21-22-52-37(64)15-8-20-53-46-59-45(50)63-47(60-46)58-40(61-63)36-14-9-25-69-36)16-18-34(56-43)41(65)54-32-12-6-10-30(38(32)48)31-11-7-13-33(39(31)49)55-42(66)35-19-17-29(44(57-35)68-2)27-62-23-4-3-5-24-62/h6-7,9-14,16-19,25,51H,3-5,8,15,20-24,26-27H2,1-2H3,(H,52,64)(H,54,65)(H,55,66)(H3,50,53,58,59,60,61). The normalized spacial score (nSPS) is 12.7. The molecule has 0 aliphatic carbocycles. The number of nitrogens with zero attached hydrogens (tertiary/aromatic N) is 8. The smallest absolute Gasteiger partial charge is 0.274 e. The van der Waals surface area contributed by atoms with Crippen molar-refractivity contribution in [1.29, 1.82) is 0 Å². The van der Waals surface area contributed by atoms with Crippen LogP contribution < -0.4 is 41.8 Å². The molecule has 0 radical (unpaired) electrons. The zero-order valence-corrected chi connectivity index (χ0v) is 39.4. The van der Waals surface area contributed by atoms with Gasteiger partial charge in [0, 0.05) is 61.4 Å². The van der Waals surface area contributed by atoms with Crippen molar-refractivity contribution in [2.75, 3.05) is 68.6 Å². The number of rotatable bonds is 20. The van der Waals surface area contributed by atoms with Crippen LogP contribution in [0.4, 0.5) is 23.3 Å². The highest BCUT2D eigenvalue weighted by molar-refractivity contribution is 6.40. The van der Waals surface area contributed by atoms with Crippen molar-refractivity contribution in [1.82, 2.24) is 50.1 Å². The number of amides is 3. The van der Waals surface area contributed by atoms with Gasteiger partial charge >= 0.3 is 0 Å². The topological polar surface area (TPSA) is 254 Å². The van der Waals surface area contributed by atoms with E-state index in [1.807, 2.05) is 6.07 Å². The fourth-order valence-electron chi connectivity index (χ4n) is 7.65. The van der Waals surface area contributed by atoms with Gasteiger partial charge in [-0.05, 0) is 80.9 Å². The third kappa shape index (κ3) is 11.8. The summed E-state index contributed by atoms with van der Waals surface area (Å²) >= 11 is 13.8. The predicted molar refractivity (Wildman–Crippen MR) is 262 cm³/mol. The van der Waals surface area contributed by atoms with Crippen LogP contribution in [0.2, 0.25) is 10.0 Å². The summed E-state index contributed by atoms with van der Waals surface area (Å²) in [5.74, 6) is 1.01. The second-order valence-corrected chi connectivity index (χ2v) is 16.7. The fraction of sp³-hybridized carbons (Fsp3) is 0.298. The summed E-state index contributed by atoms with van der Waals surface area (Å²) in [6.07, 6.45) is 5.88. The Bertz CT molecular complexity index is 2950. The summed E-state index contributed by atoms with van der Waals surface area (Å²) in [5.41, 5.74) is 9.67. The van der Waals surface area contributed by atoms with Gasteiger partial charge in [0.05, 0.1) is 41.9 Å². The van der Waals surface area contributed by atoms with Gasteiger partial charge in [0.1, 0.15) is 11.4 Å². The molecule has 1 fully saturated rings. The number of anilines is 4. The molecule has 3 amide bonds. The molecule has 0 spiro atoms. The molecule has 358 valence electrons. The molecule has 0 atom stereocenters. The van der Waals surface area contributed by atoms with E-state index in [0.717, 1.165) is 31.5 Å². The Labute approximate surface area is 406 Å². The van der Waals surface area contributed by atoms with E-state index in [-0.39, 0.29) is 57.3 Å². The van der Waals surface area contributed by atoms with Gasteiger partial charge in [-0.1, -0.05) is 53.9 Å². The Morgan fingerprint density at radius 1 is 0.739 bits per heavy atom. The highest BCUT2D eigenvalue weighted by atomic mass is 35.5. The summed E-state index contributed by atoms with van der Waals surface area (Å²) in [6, 6.07) is 20.7. The molecule has 0 bridgehead atoms. The quantitative estimate of drug-likeness (QED) is 0.0433. The lowest BCUT2D eigenvalue weighted by molar-refractivity contribution is -0.121. The molecule has 69 heavy (non-hydrogen) atoms. The van der Waals surface area contributed by atoms with Crippen molar-refractivity contribution in [3.8, 4) is 34.5 Å². The van der Waals surface area contributed by atoms with Crippen molar-refractivity contribution >= 4 is 70.0 Å². The van der Waals surface area contributed by atoms with Crippen molar-refractivity contribution in [3.05, 3.63) is 112 Å². The number of halogens is 2. The molecule has 2 aromatic carbocycles. The first-order chi connectivity index (χ1) is 33.6. The number of nitrogens with two attached hydrogens (primary N) is 1. The van der Waals surface area contributed by atoms with Crippen molar-refractivity contribution in [2.24, 2.45) is 0 Å². The minimum atomic E-state index is -0.519. The van der Waals surface area contributed by atoms with E-state index in [9.17, 15) is 14.4 Å². The van der Waals surface area contributed by atoms with Crippen LogP contribution in [0.5, 0.6) is 11.8 Å². The summed E-state index contributed by atoms with van der Waals surface area (Å²) in [4.78, 5) is 63.7. The Hall–Kier alpha value is -7.39. The van der Waals surface area contributed by atoms with Crippen LogP contribution in [0.1, 0.15) is 64.2 Å². The molecule has 1 aliphatic rings. The van der Waals surface area contributed by atoms with Crippen LogP contribution >= 0.6 is 23.2 Å². The molecular weight excluding hydrogens is 928 g/mol. The number of aromatic nitrogens is 7. The predicted octanol–water partition coefficient (Wildman–Crippen LogP) is 6.73. The maximum Gasteiger partial charge on any atom is 0.274 e. The summed E-state index contributed by atoms with van der Waals surface area (Å²) in [6.45, 7) is 4.38. The largest absolute Gasteiger partial charge is 0.481 e. The Morgan fingerprint density at radius 3 is 2.03 bits per heavy atom. The maximum absolute atomic E-state index is 13.5. The average molecular weight is 978 g/mol. The van der Waals surface area contributed by atoms with E-state index < -0.39 is 11.8 Å².